The van der Waals surface area contributed by atoms with E-state index in [0.29, 0.717) is 23.4 Å². The average Bonchev–Trinajstić information content (AvgIpc) is 2.75. The van der Waals surface area contributed by atoms with Crippen LogP contribution >= 0.6 is 0 Å². The second-order valence-electron chi connectivity index (χ2n) is 6.13. The molecule has 0 fully saturated rings. The Bertz CT molecular complexity index is 919. The molecule has 0 spiro atoms. The predicted octanol–water partition coefficient (Wildman–Crippen LogP) is 4.35. The van der Waals surface area contributed by atoms with Gasteiger partial charge in [0.05, 0.1) is 19.3 Å². The van der Waals surface area contributed by atoms with Crippen molar-refractivity contribution in [1.29, 1.82) is 0 Å². The molecule has 0 aromatic heterocycles. The van der Waals surface area contributed by atoms with E-state index in [2.05, 4.69) is 22.2 Å². The molecule has 28 heavy (non-hydrogen) atoms. The van der Waals surface area contributed by atoms with E-state index in [-0.39, 0.29) is 5.91 Å². The summed E-state index contributed by atoms with van der Waals surface area (Å²) in [6.07, 6.45) is 0.834. The lowest BCUT2D eigenvalue weighted by molar-refractivity contribution is 0.0600. The summed E-state index contributed by atoms with van der Waals surface area (Å²) in [6, 6.07) is 23.7. The van der Waals surface area contributed by atoms with Crippen molar-refractivity contribution in [2.24, 2.45) is 0 Å². The molecule has 0 radical (unpaired) electrons. The van der Waals surface area contributed by atoms with Crippen LogP contribution in [0.15, 0.2) is 78.9 Å². The monoisotopic (exact) mass is 375 g/mol. The molecule has 0 saturated carbocycles. The summed E-state index contributed by atoms with van der Waals surface area (Å²) in [6.45, 7) is 0.586. The van der Waals surface area contributed by atoms with E-state index in [9.17, 15) is 9.59 Å². The van der Waals surface area contributed by atoms with Gasteiger partial charge in [0, 0.05) is 17.7 Å². The van der Waals surface area contributed by atoms with Crippen molar-refractivity contribution < 1.29 is 19.1 Å². The molecule has 0 aliphatic rings. The van der Waals surface area contributed by atoms with Crippen LogP contribution in [-0.4, -0.2) is 25.6 Å². The van der Waals surface area contributed by atoms with Gasteiger partial charge in [-0.2, -0.15) is 0 Å². The van der Waals surface area contributed by atoms with Crippen molar-refractivity contribution >= 4 is 17.6 Å². The van der Waals surface area contributed by atoms with Gasteiger partial charge in [-0.25, -0.2) is 4.79 Å². The molecule has 5 heteroatoms. The van der Waals surface area contributed by atoms with Crippen LogP contribution in [0.4, 0.5) is 5.69 Å². The molecule has 3 aromatic rings. The van der Waals surface area contributed by atoms with Crippen LogP contribution in [0.25, 0.3) is 0 Å². The normalized spacial score (nSPS) is 10.2. The van der Waals surface area contributed by atoms with Crippen LogP contribution in [0.2, 0.25) is 0 Å². The van der Waals surface area contributed by atoms with Crippen molar-refractivity contribution in [3.63, 3.8) is 0 Å². The molecule has 1 amide bonds. The fourth-order valence-corrected chi connectivity index (χ4v) is 2.64. The van der Waals surface area contributed by atoms with Crippen molar-refractivity contribution in [1.82, 2.24) is 0 Å². The third-order valence-electron chi connectivity index (χ3n) is 4.18. The summed E-state index contributed by atoms with van der Waals surface area (Å²) in [5, 5.41) is 2.82. The van der Waals surface area contributed by atoms with Gasteiger partial charge in [-0.1, -0.05) is 30.3 Å². The van der Waals surface area contributed by atoms with Crippen LogP contribution in [0, 0.1) is 0 Å². The molecule has 0 aliphatic carbocycles. The van der Waals surface area contributed by atoms with Gasteiger partial charge in [-0.3, -0.25) is 4.79 Å². The maximum Gasteiger partial charge on any atom is 0.337 e. The Morgan fingerprint density at radius 1 is 0.821 bits per heavy atom. The lowest BCUT2D eigenvalue weighted by Gasteiger charge is -2.09. The van der Waals surface area contributed by atoms with E-state index in [1.165, 1.54) is 12.7 Å². The average molecular weight is 375 g/mol. The number of carbonyl (C=O) groups excluding carboxylic acids is 2. The predicted molar refractivity (Wildman–Crippen MR) is 108 cm³/mol. The Labute approximate surface area is 163 Å². The maximum atomic E-state index is 12.3. The number of esters is 1. The van der Waals surface area contributed by atoms with Crippen LogP contribution in [0.3, 0.4) is 0 Å². The zero-order chi connectivity index (χ0) is 19.8. The number of benzene rings is 3. The Morgan fingerprint density at radius 2 is 1.46 bits per heavy atom. The van der Waals surface area contributed by atoms with Crippen molar-refractivity contribution in [3.05, 3.63) is 95.6 Å². The van der Waals surface area contributed by atoms with Crippen LogP contribution in [0.1, 0.15) is 26.3 Å². The summed E-state index contributed by atoms with van der Waals surface area (Å²) in [7, 11) is 1.32. The molecule has 1 N–H and O–H groups in total. The molecule has 5 nitrogen and oxygen atoms in total. The highest BCUT2D eigenvalue weighted by atomic mass is 16.5. The second kappa shape index (κ2) is 9.37. The summed E-state index contributed by atoms with van der Waals surface area (Å²) < 4.78 is 10.4. The Balaban J connectivity index is 1.52. The molecule has 0 atom stereocenters. The Morgan fingerprint density at radius 3 is 2.11 bits per heavy atom. The summed E-state index contributed by atoms with van der Waals surface area (Å²) in [5.41, 5.74) is 2.74. The number of carbonyl (C=O) groups is 2. The standard InChI is InChI=1S/C23H21NO4/c1-27-23(26)19-9-7-18(8-10-19)22(25)24-20-11-13-21(14-12-20)28-16-15-17-5-3-2-4-6-17/h2-14H,15-16H2,1H3,(H,24,25). The molecule has 0 saturated heterocycles. The molecular formula is C23H21NO4. The third-order valence-corrected chi connectivity index (χ3v) is 4.18. The van der Waals surface area contributed by atoms with Crippen LogP contribution in [-0.2, 0) is 11.2 Å². The fraction of sp³-hybridized carbons (Fsp3) is 0.130. The molecule has 3 rings (SSSR count). The quantitative estimate of drug-likeness (QED) is 0.624. The number of methoxy groups -OCH3 is 1. The van der Waals surface area contributed by atoms with Crippen LogP contribution < -0.4 is 10.1 Å². The first kappa shape index (κ1) is 19.2. The fourth-order valence-electron chi connectivity index (χ4n) is 2.64. The maximum absolute atomic E-state index is 12.3. The first-order valence-corrected chi connectivity index (χ1v) is 8.92. The number of nitrogens with one attached hydrogen (secondary N) is 1. The highest BCUT2D eigenvalue weighted by molar-refractivity contribution is 6.04. The van der Waals surface area contributed by atoms with Gasteiger partial charge in [-0.05, 0) is 54.1 Å². The summed E-state index contributed by atoms with van der Waals surface area (Å²) in [4.78, 5) is 23.8. The van der Waals surface area contributed by atoms with Crippen molar-refractivity contribution in [2.45, 2.75) is 6.42 Å². The van der Waals surface area contributed by atoms with E-state index in [4.69, 9.17) is 4.74 Å². The topological polar surface area (TPSA) is 64.6 Å². The highest BCUT2D eigenvalue weighted by Crippen LogP contribution is 2.17. The number of amides is 1. The lowest BCUT2D eigenvalue weighted by atomic mass is 10.1. The minimum Gasteiger partial charge on any atom is -0.493 e. The molecule has 0 unspecified atom stereocenters. The Hall–Kier alpha value is -3.60. The largest absolute Gasteiger partial charge is 0.493 e. The van der Waals surface area contributed by atoms with Crippen molar-refractivity contribution in [2.75, 3.05) is 19.0 Å². The first-order chi connectivity index (χ1) is 13.7. The van der Waals surface area contributed by atoms with Gasteiger partial charge in [0.1, 0.15) is 5.75 Å². The summed E-state index contributed by atoms with van der Waals surface area (Å²) in [5.74, 6) is 0.0559. The molecule has 0 heterocycles. The van der Waals surface area contributed by atoms with Gasteiger partial charge in [0.15, 0.2) is 0 Å². The summed E-state index contributed by atoms with van der Waals surface area (Å²) >= 11 is 0. The van der Waals surface area contributed by atoms with E-state index >= 15 is 0 Å². The van der Waals surface area contributed by atoms with Gasteiger partial charge in [0.25, 0.3) is 5.91 Å². The minimum absolute atomic E-state index is 0.255. The van der Waals surface area contributed by atoms with Crippen LogP contribution in [0.5, 0.6) is 5.75 Å². The number of rotatable bonds is 7. The Kier molecular flexibility index (Phi) is 6.41. The SMILES string of the molecule is COC(=O)c1ccc(C(=O)Nc2ccc(OCCc3ccccc3)cc2)cc1. The number of hydrogen-bond acceptors (Lipinski definition) is 4. The first-order valence-electron chi connectivity index (χ1n) is 8.92. The van der Waals surface area contributed by atoms with Gasteiger partial charge in [0.2, 0.25) is 0 Å². The number of anilines is 1. The molecule has 142 valence electrons. The van der Waals surface area contributed by atoms with Gasteiger partial charge < -0.3 is 14.8 Å². The van der Waals surface area contributed by atoms with E-state index < -0.39 is 5.97 Å². The highest BCUT2D eigenvalue weighted by Gasteiger charge is 2.09. The van der Waals surface area contributed by atoms with E-state index in [1.54, 1.807) is 36.4 Å². The van der Waals surface area contributed by atoms with Gasteiger partial charge in [-0.15, -0.1) is 0 Å². The second-order valence-corrected chi connectivity index (χ2v) is 6.13. The zero-order valence-electron chi connectivity index (χ0n) is 15.6. The molecule has 0 bridgehead atoms. The smallest absolute Gasteiger partial charge is 0.337 e. The molecule has 3 aromatic carbocycles. The zero-order valence-corrected chi connectivity index (χ0v) is 15.6. The molecule has 0 aliphatic heterocycles. The van der Waals surface area contributed by atoms with Crippen molar-refractivity contribution in [3.8, 4) is 5.75 Å². The number of hydrogen-bond donors (Lipinski definition) is 1. The van der Waals surface area contributed by atoms with E-state index in [1.807, 2.05) is 30.3 Å². The minimum atomic E-state index is -0.435. The lowest BCUT2D eigenvalue weighted by Crippen LogP contribution is -2.12. The van der Waals surface area contributed by atoms with E-state index in [0.717, 1.165) is 12.2 Å². The number of ether oxygens (including phenoxy) is 2. The molecular weight excluding hydrogens is 354 g/mol. The third kappa shape index (κ3) is 5.20. The van der Waals surface area contributed by atoms with Gasteiger partial charge >= 0.3 is 5.97 Å².